The number of carbonyl (C=O) groups excluding carboxylic acids is 1. The average molecular weight is 275 g/mol. The van der Waals surface area contributed by atoms with Crippen LogP contribution < -0.4 is 5.32 Å². The number of nitrogens with zero attached hydrogens (tertiary/aromatic N) is 1. The van der Waals surface area contributed by atoms with Crippen molar-refractivity contribution in [3.8, 4) is 11.8 Å². The molecule has 19 heavy (non-hydrogen) atoms. The second kappa shape index (κ2) is 6.73. The smallest absolute Gasteiger partial charge is 0.261 e. The van der Waals surface area contributed by atoms with Crippen LogP contribution in [0, 0.1) is 11.8 Å². The molecule has 3 N–H and O–H groups in total. The van der Waals surface area contributed by atoms with Crippen molar-refractivity contribution in [2.75, 3.05) is 6.61 Å². The summed E-state index contributed by atoms with van der Waals surface area (Å²) in [6, 6.07) is 3.54. The Balaban J connectivity index is 1.91. The van der Waals surface area contributed by atoms with E-state index in [1.807, 2.05) is 0 Å². The molecule has 1 amide bonds. The molecule has 0 saturated heterocycles. The van der Waals surface area contributed by atoms with Crippen LogP contribution >= 0.6 is 11.3 Å². The Bertz CT molecular complexity index is 593. The molecule has 0 unspecified atom stereocenters. The lowest BCUT2D eigenvalue weighted by molar-refractivity contribution is 0.0954. The molecule has 0 aliphatic heterocycles. The largest absolute Gasteiger partial charge is 0.395 e. The minimum absolute atomic E-state index is 0.0505. The predicted molar refractivity (Wildman–Crippen MR) is 72.7 cm³/mol. The molecule has 0 radical (unpaired) electrons. The monoisotopic (exact) mass is 275 g/mol. The molecule has 2 heterocycles. The second-order valence-electron chi connectivity index (χ2n) is 3.66. The molecule has 0 aliphatic carbocycles. The SMILES string of the molecule is O=C(NCc1ncc[nH]1)c1ccc(C#CCCO)s1. The van der Waals surface area contributed by atoms with Gasteiger partial charge in [0.05, 0.1) is 22.9 Å². The van der Waals surface area contributed by atoms with Crippen molar-refractivity contribution in [2.24, 2.45) is 0 Å². The van der Waals surface area contributed by atoms with E-state index in [0.29, 0.717) is 23.7 Å². The molecule has 0 saturated carbocycles. The van der Waals surface area contributed by atoms with E-state index in [-0.39, 0.29) is 12.5 Å². The zero-order chi connectivity index (χ0) is 13.5. The Morgan fingerprint density at radius 2 is 2.42 bits per heavy atom. The van der Waals surface area contributed by atoms with Gasteiger partial charge in [-0.1, -0.05) is 11.8 Å². The number of aromatic nitrogens is 2. The van der Waals surface area contributed by atoms with E-state index in [1.54, 1.807) is 24.5 Å². The summed E-state index contributed by atoms with van der Waals surface area (Å²) >= 11 is 1.33. The van der Waals surface area contributed by atoms with Crippen LogP contribution in [0.5, 0.6) is 0 Å². The Kier molecular flexibility index (Phi) is 4.72. The third-order valence-electron chi connectivity index (χ3n) is 2.25. The lowest BCUT2D eigenvalue weighted by atomic mass is 10.4. The zero-order valence-electron chi connectivity index (χ0n) is 10.1. The first-order valence-electron chi connectivity index (χ1n) is 5.75. The maximum absolute atomic E-state index is 11.9. The molecule has 2 rings (SSSR count). The second-order valence-corrected chi connectivity index (χ2v) is 4.74. The third-order valence-corrected chi connectivity index (χ3v) is 3.25. The molecule has 5 nitrogen and oxygen atoms in total. The summed E-state index contributed by atoms with van der Waals surface area (Å²) in [7, 11) is 0. The van der Waals surface area contributed by atoms with E-state index < -0.39 is 0 Å². The van der Waals surface area contributed by atoms with Crippen molar-refractivity contribution in [1.29, 1.82) is 0 Å². The number of rotatable bonds is 4. The number of H-pyrrole nitrogens is 1. The van der Waals surface area contributed by atoms with E-state index in [9.17, 15) is 4.79 Å². The molecule has 0 fully saturated rings. The molecular weight excluding hydrogens is 262 g/mol. The molecule has 6 heteroatoms. The van der Waals surface area contributed by atoms with E-state index in [2.05, 4.69) is 27.1 Å². The van der Waals surface area contributed by atoms with Crippen molar-refractivity contribution in [2.45, 2.75) is 13.0 Å². The first-order valence-corrected chi connectivity index (χ1v) is 6.57. The number of carbonyl (C=O) groups is 1. The molecule has 0 aromatic carbocycles. The van der Waals surface area contributed by atoms with Crippen molar-refractivity contribution in [1.82, 2.24) is 15.3 Å². The summed E-state index contributed by atoms with van der Waals surface area (Å²) < 4.78 is 0. The van der Waals surface area contributed by atoms with Crippen LogP contribution in [0.2, 0.25) is 0 Å². The molecular formula is C13H13N3O2S. The molecule has 0 spiro atoms. The Hall–Kier alpha value is -2.10. The summed E-state index contributed by atoms with van der Waals surface area (Å²) in [5.41, 5.74) is 0. The van der Waals surface area contributed by atoms with Crippen molar-refractivity contribution >= 4 is 17.2 Å². The minimum atomic E-state index is -0.142. The van der Waals surface area contributed by atoms with Crippen molar-refractivity contribution in [3.63, 3.8) is 0 Å². The van der Waals surface area contributed by atoms with Crippen molar-refractivity contribution in [3.05, 3.63) is 40.1 Å². The van der Waals surface area contributed by atoms with Crippen LogP contribution in [0.25, 0.3) is 0 Å². The molecule has 98 valence electrons. The lowest BCUT2D eigenvalue weighted by Gasteiger charge is -1.99. The van der Waals surface area contributed by atoms with Gasteiger partial charge in [-0.15, -0.1) is 11.3 Å². The van der Waals surface area contributed by atoms with Gasteiger partial charge in [-0.25, -0.2) is 4.98 Å². The lowest BCUT2D eigenvalue weighted by Crippen LogP contribution is -2.22. The predicted octanol–water partition coefficient (Wildman–Crippen LogP) is 1.14. The maximum atomic E-state index is 11.9. The van der Waals surface area contributed by atoms with Crippen molar-refractivity contribution < 1.29 is 9.90 Å². The number of thiophene rings is 1. The molecule has 2 aromatic heterocycles. The van der Waals surface area contributed by atoms with Gasteiger partial charge in [0.25, 0.3) is 5.91 Å². The van der Waals surface area contributed by atoms with Gasteiger partial charge < -0.3 is 15.4 Å². The number of imidazole rings is 1. The Morgan fingerprint density at radius 3 is 3.16 bits per heavy atom. The highest BCUT2D eigenvalue weighted by atomic mass is 32.1. The topological polar surface area (TPSA) is 78.0 Å². The number of aliphatic hydroxyl groups excluding tert-OH is 1. The number of amides is 1. The van der Waals surface area contributed by atoms with Crippen LogP contribution in [0.4, 0.5) is 0 Å². The first kappa shape index (κ1) is 13.3. The van der Waals surface area contributed by atoms with Gasteiger partial charge >= 0.3 is 0 Å². The van der Waals surface area contributed by atoms with Crippen LogP contribution in [-0.2, 0) is 6.54 Å². The molecule has 0 aliphatic rings. The number of hydrogen-bond acceptors (Lipinski definition) is 4. The van der Waals surface area contributed by atoms with Crippen LogP contribution in [0.1, 0.15) is 26.8 Å². The summed E-state index contributed by atoms with van der Waals surface area (Å²) in [4.78, 5) is 20.2. The fourth-order valence-corrected chi connectivity index (χ4v) is 2.18. The van der Waals surface area contributed by atoms with Gasteiger partial charge in [-0.2, -0.15) is 0 Å². The third kappa shape index (κ3) is 3.95. The summed E-state index contributed by atoms with van der Waals surface area (Å²) in [6.07, 6.45) is 3.79. The van der Waals surface area contributed by atoms with Gasteiger partial charge in [-0.3, -0.25) is 4.79 Å². The Labute approximate surface area is 114 Å². The maximum Gasteiger partial charge on any atom is 0.261 e. The highest BCUT2D eigenvalue weighted by molar-refractivity contribution is 7.14. The zero-order valence-corrected chi connectivity index (χ0v) is 11.0. The van der Waals surface area contributed by atoms with Gasteiger partial charge in [0.1, 0.15) is 5.82 Å². The number of nitrogens with one attached hydrogen (secondary N) is 2. The summed E-state index contributed by atoms with van der Waals surface area (Å²) in [5, 5.41) is 11.4. The van der Waals surface area contributed by atoms with Crippen LogP contribution in [-0.4, -0.2) is 27.6 Å². The highest BCUT2D eigenvalue weighted by Gasteiger charge is 2.08. The van der Waals surface area contributed by atoms with Gasteiger partial charge in [0.15, 0.2) is 0 Å². The first-order chi connectivity index (χ1) is 9.29. The van der Waals surface area contributed by atoms with E-state index in [1.165, 1.54) is 11.3 Å². The van der Waals surface area contributed by atoms with E-state index >= 15 is 0 Å². The minimum Gasteiger partial charge on any atom is -0.395 e. The molecule has 2 aromatic rings. The van der Waals surface area contributed by atoms with E-state index in [0.717, 1.165) is 4.88 Å². The number of aliphatic hydroxyl groups is 1. The average Bonchev–Trinajstić information content (AvgIpc) is 3.07. The summed E-state index contributed by atoms with van der Waals surface area (Å²) in [5.74, 6) is 6.30. The molecule has 0 atom stereocenters. The van der Waals surface area contributed by atoms with Crippen LogP contribution in [0.15, 0.2) is 24.5 Å². The van der Waals surface area contributed by atoms with Crippen LogP contribution in [0.3, 0.4) is 0 Å². The quantitative estimate of drug-likeness (QED) is 0.732. The summed E-state index contributed by atoms with van der Waals surface area (Å²) in [6.45, 7) is 0.421. The highest BCUT2D eigenvalue weighted by Crippen LogP contribution is 2.15. The number of aromatic amines is 1. The standard InChI is InChI=1S/C13H13N3O2S/c17-8-2-1-3-10-4-5-11(19-10)13(18)16-9-12-14-6-7-15-12/h4-7,17H,2,8-9H2,(H,14,15)(H,16,18). The van der Waals surface area contributed by atoms with Gasteiger partial charge in [-0.05, 0) is 12.1 Å². The number of hydrogen-bond donors (Lipinski definition) is 3. The van der Waals surface area contributed by atoms with E-state index in [4.69, 9.17) is 5.11 Å². The van der Waals surface area contributed by atoms with Gasteiger partial charge in [0, 0.05) is 18.8 Å². The van der Waals surface area contributed by atoms with Gasteiger partial charge in [0.2, 0.25) is 0 Å². The fraction of sp³-hybridized carbons (Fsp3) is 0.231. The fourth-order valence-electron chi connectivity index (χ4n) is 1.38. The molecule has 0 bridgehead atoms. The Morgan fingerprint density at radius 1 is 1.53 bits per heavy atom. The normalized spacial score (nSPS) is 9.74.